The van der Waals surface area contributed by atoms with E-state index in [9.17, 15) is 79.2 Å². The summed E-state index contributed by atoms with van der Waals surface area (Å²) in [4.78, 5) is 123. The monoisotopic (exact) mass is 1350 g/mol. The second kappa shape index (κ2) is 32.5. The highest BCUT2D eigenvalue weighted by Gasteiger charge is 2.50. The molecule has 520 valence electrons. The fraction of sp³-hybridized carbons (Fsp3) is 0.587. The molecule has 3 aromatic carbocycles. The van der Waals surface area contributed by atoms with Crippen molar-refractivity contribution in [2.45, 2.75) is 169 Å². The van der Waals surface area contributed by atoms with Gasteiger partial charge >= 0.3 is 0 Å². The molecule has 95 heavy (non-hydrogen) atoms. The summed E-state index contributed by atoms with van der Waals surface area (Å²) in [6, 6.07) is 7.05. The third-order valence-corrected chi connectivity index (χ3v) is 19.4. The Bertz CT molecular complexity index is 3170. The van der Waals surface area contributed by atoms with E-state index in [-0.39, 0.29) is 23.5 Å². The molecule has 9 rings (SSSR count). The van der Waals surface area contributed by atoms with Crippen LogP contribution in [0.5, 0.6) is 11.5 Å². The number of β-amino-alcohol motifs (C(OH)–C–C–N with tert-alkyl or cyclic N) is 1. The van der Waals surface area contributed by atoms with Gasteiger partial charge < -0.3 is 97.0 Å². The number of nitrogens with zero attached hydrogens (tertiary/aromatic N) is 5. The molecule has 1 aliphatic carbocycles. The Balaban J connectivity index is 0.931. The molecule has 14 atom stereocenters. The molecule has 0 aromatic heterocycles. The van der Waals surface area contributed by atoms with Crippen molar-refractivity contribution in [1.82, 2.24) is 41.3 Å². The highest BCUT2D eigenvalue weighted by Crippen LogP contribution is 2.36. The van der Waals surface area contributed by atoms with Crippen molar-refractivity contribution in [3.05, 3.63) is 83.4 Å². The van der Waals surface area contributed by atoms with Gasteiger partial charge in [0.25, 0.3) is 18.2 Å². The van der Waals surface area contributed by atoms with Gasteiger partial charge in [-0.15, -0.1) is 0 Å². The van der Waals surface area contributed by atoms with Crippen LogP contribution in [0.25, 0.3) is 0 Å². The van der Waals surface area contributed by atoms with Gasteiger partial charge in [0.15, 0.2) is 11.5 Å². The first kappa shape index (κ1) is 71.8. The molecular weight excluding hydrogens is 1260 g/mol. The summed E-state index contributed by atoms with van der Waals surface area (Å²) >= 11 is -0.0149. The first-order valence-corrected chi connectivity index (χ1v) is 32.8. The Kier molecular flexibility index (Phi) is 24.6. The number of benzene rings is 3. The highest BCUT2D eigenvalue weighted by molar-refractivity contribution is 7.90. The summed E-state index contributed by atoms with van der Waals surface area (Å²) < 4.78 is 9.23. The van der Waals surface area contributed by atoms with E-state index in [1.165, 1.54) is 50.3 Å². The lowest BCUT2D eigenvalue weighted by atomic mass is 9.84. The van der Waals surface area contributed by atoms with E-state index in [4.69, 9.17) is 15.2 Å². The summed E-state index contributed by atoms with van der Waals surface area (Å²) in [5, 5.41) is 114. The second-order valence-electron chi connectivity index (χ2n) is 25.6. The second-order valence-corrected chi connectivity index (χ2v) is 26.0. The first-order chi connectivity index (χ1) is 45.4. The van der Waals surface area contributed by atoms with Gasteiger partial charge in [-0.05, 0) is 98.2 Å². The van der Waals surface area contributed by atoms with Crippen LogP contribution >= 0.6 is 12.3 Å². The number of anilines is 2. The van der Waals surface area contributed by atoms with Crippen molar-refractivity contribution in [3.63, 3.8) is 0 Å². The third-order valence-electron chi connectivity index (χ3n) is 19.1. The van der Waals surface area contributed by atoms with Gasteiger partial charge in [-0.2, -0.15) is 0 Å². The number of carbonyl (C=O) groups excluding carboxylic acids is 8. The zero-order valence-electron chi connectivity index (χ0n) is 52.8. The van der Waals surface area contributed by atoms with Crippen molar-refractivity contribution in [3.8, 4) is 11.5 Å². The van der Waals surface area contributed by atoms with Crippen LogP contribution in [0, 0.1) is 5.92 Å². The number of carbonyl (C=O) groups is 8. The SMILES string of the molecule is CC(O)C1NC(=O)C(NC(=O)c2ccc(N3CCC(N4CCN(c5ccc(C6CCCCC6)cc5)CC4)CC3)cc2)CC(O)CNC(=O)C2C(O)C(C)CN2C(=O)C(C(O)CC(N)=O)NC(=O)C(C(O)C(O)c2ccc(O)c(OSOOO)c2)NC(=O)C2CC(O)CN2C1=O. The van der Waals surface area contributed by atoms with Crippen molar-refractivity contribution in [2.24, 2.45) is 11.7 Å². The predicted octanol–water partition coefficient (Wildman–Crippen LogP) is -2.09. The maximum Gasteiger partial charge on any atom is 0.261 e. The number of rotatable bonds is 17. The topological polar surface area (TPSA) is 449 Å². The minimum absolute atomic E-state index is 0.0149. The molecule has 5 aliphatic heterocycles. The van der Waals surface area contributed by atoms with Crippen LogP contribution < -0.4 is 46.3 Å². The Morgan fingerprint density at radius 3 is 1.97 bits per heavy atom. The van der Waals surface area contributed by atoms with Gasteiger partial charge in [-0.3, -0.25) is 43.3 Å². The Morgan fingerprint density at radius 1 is 0.705 bits per heavy atom. The fourth-order valence-electron chi connectivity index (χ4n) is 13.7. The largest absolute Gasteiger partial charge is 0.504 e. The molecule has 0 radical (unpaired) electrons. The van der Waals surface area contributed by atoms with E-state index >= 15 is 0 Å². The summed E-state index contributed by atoms with van der Waals surface area (Å²) in [5.74, 6) is -11.0. The minimum Gasteiger partial charge on any atom is -0.504 e. The number of phenols is 1. The number of piperidine rings is 1. The lowest BCUT2D eigenvalue weighted by Crippen LogP contribution is -2.64. The number of aliphatic hydroxyl groups is 7. The van der Waals surface area contributed by atoms with Gasteiger partial charge in [0.2, 0.25) is 41.4 Å². The quantitative estimate of drug-likeness (QED) is 0.0298. The van der Waals surface area contributed by atoms with Gasteiger partial charge in [0, 0.05) is 101 Å². The number of piperazine rings is 1. The third kappa shape index (κ3) is 17.6. The van der Waals surface area contributed by atoms with Crippen LogP contribution in [-0.4, -0.2) is 246 Å². The number of aromatic hydroxyl groups is 1. The molecule has 0 bridgehead atoms. The predicted molar refractivity (Wildman–Crippen MR) is 339 cm³/mol. The fourth-order valence-corrected chi connectivity index (χ4v) is 14.0. The molecule has 32 heteroatoms. The molecule has 5 saturated heterocycles. The molecule has 31 nitrogen and oxygen atoms in total. The molecule has 6 aliphatic rings. The van der Waals surface area contributed by atoms with Crippen LogP contribution in [0.4, 0.5) is 11.4 Å². The van der Waals surface area contributed by atoms with Crippen molar-refractivity contribution >= 4 is 71.0 Å². The van der Waals surface area contributed by atoms with E-state index in [1.807, 2.05) is 0 Å². The lowest BCUT2D eigenvalue weighted by Gasteiger charge is -2.44. The Hall–Kier alpha value is -7.47. The maximum absolute atomic E-state index is 14.7. The van der Waals surface area contributed by atoms with Crippen LogP contribution in [-0.2, 0) is 42.9 Å². The van der Waals surface area contributed by atoms with Gasteiger partial charge in [0.05, 0.1) is 36.9 Å². The molecule has 5 heterocycles. The summed E-state index contributed by atoms with van der Waals surface area (Å²) in [6.07, 6.45) is -7.63. The van der Waals surface area contributed by atoms with Crippen LogP contribution in [0.3, 0.4) is 0 Å². The smallest absolute Gasteiger partial charge is 0.261 e. The van der Waals surface area contributed by atoms with Crippen LogP contribution in [0.2, 0.25) is 0 Å². The molecule has 6 fully saturated rings. The van der Waals surface area contributed by atoms with Crippen LogP contribution in [0.1, 0.15) is 112 Å². The lowest BCUT2D eigenvalue weighted by molar-refractivity contribution is -0.433. The van der Waals surface area contributed by atoms with E-state index in [0.717, 1.165) is 92.7 Å². The summed E-state index contributed by atoms with van der Waals surface area (Å²) in [7, 11) is 0. The summed E-state index contributed by atoms with van der Waals surface area (Å²) in [5.41, 5.74) is 8.71. The standard InChI is InChI=1S/C63H87N11O20S/c1-33-31-74-53(54(33)81)61(88)65-30-42(76)27-44(66-57(84)37-10-15-39(16-11-37)70-20-18-41(19-21-70)72-24-22-71(23-25-72)40-13-8-36(9-14-40)35-6-4-3-5-7-35)58(85)67-50(34(2)75)62(89)73-32-43(77)28-45(73)59(86)69-52(60(87)68-51(63(74)90)47(79)29-49(64)80)56(83)55(82)38-12-17-46(78)48(26-38)92-95-94-93-91/h8-17,26,33-35,41-45,47,50-56,75-79,81-83,91H,3-7,18-25,27-32H2,1-2H3,(H2,64,80)(H,65,88)(H,66,84)(H,67,85)(H,68,87)(H,69,86). The zero-order chi connectivity index (χ0) is 68.4. The zero-order valence-corrected chi connectivity index (χ0v) is 53.6. The average molecular weight is 1350 g/mol. The van der Waals surface area contributed by atoms with Crippen molar-refractivity contribution in [2.75, 3.05) is 68.7 Å². The van der Waals surface area contributed by atoms with Gasteiger partial charge in [-0.1, -0.05) is 53.8 Å². The number of aliphatic hydroxyl groups excluding tert-OH is 7. The normalized spacial score (nSPS) is 28.2. The number of phenolic OH excluding ortho intramolecular Hbond substituents is 1. The van der Waals surface area contributed by atoms with E-state index in [0.29, 0.717) is 12.0 Å². The number of amides is 8. The van der Waals surface area contributed by atoms with E-state index in [1.54, 1.807) is 24.3 Å². The minimum atomic E-state index is -2.52. The number of hydrogen-bond donors (Lipinski definition) is 15. The van der Waals surface area contributed by atoms with Crippen molar-refractivity contribution < 1.29 is 98.0 Å². The molecular formula is C63H87N11O20S. The first-order valence-electron chi connectivity index (χ1n) is 32.1. The Labute approximate surface area is 552 Å². The maximum atomic E-state index is 14.7. The van der Waals surface area contributed by atoms with Crippen LogP contribution in [0.15, 0.2) is 66.7 Å². The number of primary amides is 1. The average Bonchev–Trinajstić information content (AvgIpc) is 1.70. The van der Waals surface area contributed by atoms with Crippen molar-refractivity contribution in [1.29, 1.82) is 0 Å². The Morgan fingerprint density at radius 2 is 1.33 bits per heavy atom. The number of nitrogens with one attached hydrogen (secondary N) is 5. The highest BCUT2D eigenvalue weighted by atomic mass is 32.2. The van der Waals surface area contributed by atoms with Gasteiger partial charge in [-0.25, -0.2) is 5.26 Å². The van der Waals surface area contributed by atoms with Gasteiger partial charge in [0.1, 0.15) is 48.5 Å². The molecule has 3 aromatic rings. The van der Waals surface area contributed by atoms with E-state index in [2.05, 4.69) is 74.9 Å². The molecule has 8 amide bonds. The molecule has 1 saturated carbocycles. The number of fused-ring (bicyclic) bond motifs is 2. The molecule has 14 unspecified atom stereocenters. The summed E-state index contributed by atoms with van der Waals surface area (Å²) in [6.45, 7) is 6.11. The number of hydrogen-bond acceptors (Lipinski definition) is 24. The number of nitrogens with two attached hydrogens (primary N) is 1. The molecule has 16 N–H and O–H groups in total. The van der Waals surface area contributed by atoms with E-state index < -0.39 is 183 Å². The molecule has 0 spiro atoms.